The van der Waals surface area contributed by atoms with E-state index in [0.717, 1.165) is 11.8 Å². The first-order valence-electron chi connectivity index (χ1n) is 3.53. The van der Waals surface area contributed by atoms with Crippen LogP contribution in [0.5, 0.6) is 0 Å². The van der Waals surface area contributed by atoms with Crippen molar-refractivity contribution in [2.75, 3.05) is 0 Å². The second-order valence-corrected chi connectivity index (χ2v) is 3.21. The lowest BCUT2D eigenvalue weighted by Gasteiger charge is -2.04. The van der Waals surface area contributed by atoms with Crippen LogP contribution < -0.4 is 0 Å². The van der Waals surface area contributed by atoms with Crippen molar-refractivity contribution in [1.29, 1.82) is 0 Å². The van der Waals surface area contributed by atoms with Crippen LogP contribution in [0.25, 0.3) is 5.53 Å². The molecule has 0 aliphatic carbocycles. The molecule has 0 radical (unpaired) electrons. The smallest absolute Gasteiger partial charge is 0.365 e. The van der Waals surface area contributed by atoms with E-state index in [1.54, 1.807) is 24.3 Å². The summed E-state index contributed by atoms with van der Waals surface area (Å²) in [6, 6.07) is 6.85. The van der Waals surface area contributed by atoms with Gasteiger partial charge in [-0.2, -0.15) is 0 Å². The van der Waals surface area contributed by atoms with E-state index in [-0.39, 0.29) is 0 Å². The van der Waals surface area contributed by atoms with Crippen molar-refractivity contribution in [1.82, 2.24) is 0 Å². The van der Waals surface area contributed by atoms with E-state index in [2.05, 4.69) is 5.11 Å². The van der Waals surface area contributed by atoms with Gasteiger partial charge in [0.15, 0.2) is 0 Å². The molecule has 0 aliphatic rings. The molecule has 0 saturated heterocycles. The van der Waals surface area contributed by atoms with Crippen molar-refractivity contribution in [2.24, 2.45) is 5.11 Å². The highest BCUT2D eigenvalue weighted by atomic mass is 32.2. The Balaban J connectivity index is 2.75. The molecule has 13 heavy (non-hydrogen) atoms. The van der Waals surface area contributed by atoms with Gasteiger partial charge in [-0.1, -0.05) is 18.2 Å². The molecule has 1 aromatic carbocycles. The second kappa shape index (κ2) is 4.61. The number of benzene rings is 1. The molecule has 68 valence electrons. The van der Waals surface area contributed by atoms with Gasteiger partial charge in [0.25, 0.3) is 0 Å². The number of nitrogens with zero attached hydrogens (tertiary/aromatic N) is 2. The molecule has 0 bridgehead atoms. The summed E-state index contributed by atoms with van der Waals surface area (Å²) in [7, 11) is 0. The minimum atomic E-state index is -0.937. The molecule has 0 fully saturated rings. The zero-order chi connectivity index (χ0) is 9.68. The van der Waals surface area contributed by atoms with E-state index in [0.29, 0.717) is 17.0 Å². The van der Waals surface area contributed by atoms with Crippen molar-refractivity contribution in [3.63, 3.8) is 0 Å². The predicted octanol–water partition coefficient (Wildman–Crippen LogP) is 3.25. The van der Waals surface area contributed by atoms with Gasteiger partial charge in [-0.05, 0) is 23.4 Å². The van der Waals surface area contributed by atoms with Gasteiger partial charge in [0.1, 0.15) is 0 Å². The van der Waals surface area contributed by atoms with Crippen LogP contribution in [-0.2, 0) is 5.75 Å². The highest BCUT2D eigenvalue weighted by Gasteiger charge is 2.01. The topological polar surface area (TPSA) is 72.0 Å². The zero-order valence-electron chi connectivity index (χ0n) is 6.67. The highest BCUT2D eigenvalue weighted by Crippen LogP contribution is 2.23. The lowest BCUT2D eigenvalue weighted by Crippen LogP contribution is -1.86. The molecular formula is C8H7N2O2S-. The first-order chi connectivity index (χ1) is 6.24. The van der Waals surface area contributed by atoms with Crippen LogP contribution in [0.2, 0.25) is 0 Å². The molecular weight excluding hydrogens is 188 g/mol. The standard InChI is InChI=1S/C8H7N2O2S/c9-10-7-4-2-1-3-6(7)5-13-8(11)12/h1-4H,5H2,(H,11,12)/q-1. The number of rotatable bonds is 3. The lowest BCUT2D eigenvalue weighted by molar-refractivity contribution is 0.222. The van der Waals surface area contributed by atoms with Crippen LogP contribution in [0, 0.1) is 0 Å². The second-order valence-electron chi connectivity index (χ2n) is 2.28. The van der Waals surface area contributed by atoms with Gasteiger partial charge < -0.3 is 15.8 Å². The van der Waals surface area contributed by atoms with Gasteiger partial charge in [-0.15, -0.1) is 0 Å². The number of thioether (sulfide) groups is 1. The van der Waals surface area contributed by atoms with Crippen LogP contribution in [-0.4, -0.2) is 10.4 Å². The molecule has 0 aromatic heterocycles. The summed E-state index contributed by atoms with van der Waals surface area (Å²) in [4.78, 5) is 10.2. The highest BCUT2D eigenvalue weighted by molar-refractivity contribution is 8.12. The van der Waals surface area contributed by atoms with Crippen molar-refractivity contribution in [3.05, 3.63) is 35.4 Å². The van der Waals surface area contributed by atoms with Gasteiger partial charge >= 0.3 is 5.30 Å². The van der Waals surface area contributed by atoms with Crippen LogP contribution in [0.3, 0.4) is 0 Å². The van der Waals surface area contributed by atoms with Crippen LogP contribution >= 0.6 is 11.8 Å². The molecule has 1 aromatic rings. The fraction of sp³-hybridized carbons (Fsp3) is 0.125. The van der Waals surface area contributed by atoms with Gasteiger partial charge in [0.05, 0.1) is 0 Å². The van der Waals surface area contributed by atoms with Gasteiger partial charge in [0.2, 0.25) is 0 Å². The largest absolute Gasteiger partial charge is 0.706 e. The Hall–Kier alpha value is -1.36. The summed E-state index contributed by atoms with van der Waals surface area (Å²) in [6.45, 7) is 0. The maximum absolute atomic E-state index is 10.2. The Morgan fingerprint density at radius 1 is 1.54 bits per heavy atom. The molecule has 0 heterocycles. The Morgan fingerprint density at radius 3 is 2.85 bits per heavy atom. The SMILES string of the molecule is [N-]=Nc1ccccc1CSC(=O)O. The van der Waals surface area contributed by atoms with Crippen LogP contribution in [0.4, 0.5) is 10.5 Å². The van der Waals surface area contributed by atoms with E-state index in [1.807, 2.05) is 0 Å². The molecule has 0 saturated carbocycles. The zero-order valence-corrected chi connectivity index (χ0v) is 7.49. The normalized spacial score (nSPS) is 9.54. The van der Waals surface area contributed by atoms with E-state index >= 15 is 0 Å². The molecule has 4 nitrogen and oxygen atoms in total. The quantitative estimate of drug-likeness (QED) is 0.752. The molecule has 0 unspecified atom stereocenters. The summed E-state index contributed by atoms with van der Waals surface area (Å²) in [5, 5.41) is 10.5. The fourth-order valence-electron chi connectivity index (χ4n) is 0.870. The van der Waals surface area contributed by atoms with E-state index in [9.17, 15) is 4.79 Å². The summed E-state index contributed by atoms with van der Waals surface area (Å²) >= 11 is 0.759. The Bertz CT molecular complexity index is 328. The lowest BCUT2D eigenvalue weighted by atomic mass is 10.2. The monoisotopic (exact) mass is 195 g/mol. The minimum Gasteiger partial charge on any atom is -0.706 e. The minimum absolute atomic E-state index is 0.301. The summed E-state index contributed by atoms with van der Waals surface area (Å²) < 4.78 is 0. The molecule has 0 aliphatic heterocycles. The Kier molecular flexibility index (Phi) is 3.45. The maximum Gasteiger partial charge on any atom is 0.365 e. The summed E-state index contributed by atoms with van der Waals surface area (Å²) in [5.74, 6) is 0.301. The van der Waals surface area contributed by atoms with Crippen LogP contribution in [0.1, 0.15) is 5.56 Å². The third-order valence-electron chi connectivity index (χ3n) is 1.45. The number of hydrogen-bond donors (Lipinski definition) is 1. The fourth-order valence-corrected chi connectivity index (χ4v) is 1.39. The van der Waals surface area contributed by atoms with Crippen molar-refractivity contribution in [2.45, 2.75) is 5.75 Å². The average molecular weight is 195 g/mol. The van der Waals surface area contributed by atoms with Crippen LogP contribution in [0.15, 0.2) is 29.4 Å². The molecule has 0 amide bonds. The van der Waals surface area contributed by atoms with Gasteiger partial charge in [-0.3, -0.25) is 0 Å². The van der Waals surface area contributed by atoms with Crippen molar-refractivity contribution < 1.29 is 9.90 Å². The molecule has 5 heteroatoms. The first-order valence-corrected chi connectivity index (χ1v) is 4.51. The van der Waals surface area contributed by atoms with E-state index in [4.69, 9.17) is 10.6 Å². The Morgan fingerprint density at radius 2 is 2.23 bits per heavy atom. The number of carbonyl (C=O) groups is 1. The van der Waals surface area contributed by atoms with Gasteiger partial charge in [0, 0.05) is 11.4 Å². The van der Waals surface area contributed by atoms with Gasteiger partial charge in [-0.25, -0.2) is 4.79 Å². The van der Waals surface area contributed by atoms with Crippen molar-refractivity contribution in [3.8, 4) is 0 Å². The molecule has 1 N–H and O–H groups in total. The molecule has 1 rings (SSSR count). The third-order valence-corrected chi connectivity index (χ3v) is 2.15. The summed E-state index contributed by atoms with van der Waals surface area (Å²) in [6.07, 6.45) is 0. The average Bonchev–Trinajstić information content (AvgIpc) is 2.15. The third kappa shape index (κ3) is 2.87. The van der Waals surface area contributed by atoms with E-state index < -0.39 is 5.30 Å². The molecule has 0 atom stereocenters. The number of carboxylic acid groups (broad SMARTS) is 1. The Labute approximate surface area is 79.5 Å². The maximum atomic E-state index is 10.2. The number of hydrogen-bond acceptors (Lipinski definition) is 3. The summed E-state index contributed by atoms with van der Waals surface area (Å²) in [5.41, 5.74) is 9.67. The first kappa shape index (κ1) is 9.73. The molecule has 0 spiro atoms. The van der Waals surface area contributed by atoms with Crippen molar-refractivity contribution >= 4 is 22.8 Å². The van der Waals surface area contributed by atoms with E-state index in [1.165, 1.54) is 0 Å². The predicted molar refractivity (Wildman–Crippen MR) is 51.2 cm³/mol.